The van der Waals surface area contributed by atoms with Gasteiger partial charge in [-0.3, -0.25) is 9.10 Å². The molecule has 6 nitrogen and oxygen atoms in total. The second kappa shape index (κ2) is 9.01. The molecule has 0 unspecified atom stereocenters. The van der Waals surface area contributed by atoms with E-state index >= 15 is 0 Å². The van der Waals surface area contributed by atoms with Crippen LogP contribution in [-0.4, -0.2) is 33.2 Å². The largest absolute Gasteiger partial charge is 0.491 e. The molecule has 0 radical (unpaired) electrons. The van der Waals surface area contributed by atoms with Crippen molar-refractivity contribution in [3.8, 4) is 5.75 Å². The molecule has 9 heteroatoms. The molecule has 152 valence electrons. The molecule has 0 spiro atoms. The Balaban J connectivity index is 2.07. The first-order valence-corrected chi connectivity index (χ1v) is 10.4. The molecule has 0 saturated carbocycles. The SMILES string of the molecule is CC(C)Oc1cccc(CNC(=O)CN(c2ccc(F)c(F)c2)S(C)(=O)=O)c1. The van der Waals surface area contributed by atoms with Crippen LogP contribution in [0.15, 0.2) is 42.5 Å². The van der Waals surface area contributed by atoms with Crippen molar-refractivity contribution in [2.24, 2.45) is 0 Å². The lowest BCUT2D eigenvalue weighted by molar-refractivity contribution is -0.119. The van der Waals surface area contributed by atoms with E-state index in [1.165, 1.54) is 0 Å². The molecule has 2 aromatic rings. The van der Waals surface area contributed by atoms with Crippen LogP contribution in [0.4, 0.5) is 14.5 Å². The molecule has 1 amide bonds. The van der Waals surface area contributed by atoms with Crippen LogP contribution in [0.2, 0.25) is 0 Å². The number of rotatable bonds is 8. The number of nitrogens with zero attached hydrogens (tertiary/aromatic N) is 1. The average molecular weight is 412 g/mol. The van der Waals surface area contributed by atoms with Crippen LogP contribution in [0.25, 0.3) is 0 Å². The van der Waals surface area contributed by atoms with Gasteiger partial charge >= 0.3 is 0 Å². The van der Waals surface area contributed by atoms with E-state index in [-0.39, 0.29) is 18.3 Å². The summed E-state index contributed by atoms with van der Waals surface area (Å²) in [6.07, 6.45) is 0.887. The van der Waals surface area contributed by atoms with E-state index in [4.69, 9.17) is 4.74 Å². The Morgan fingerprint density at radius 2 is 1.86 bits per heavy atom. The molecule has 28 heavy (non-hydrogen) atoms. The van der Waals surface area contributed by atoms with Gasteiger partial charge in [0.05, 0.1) is 18.0 Å². The number of halogens is 2. The van der Waals surface area contributed by atoms with E-state index in [2.05, 4.69) is 5.32 Å². The summed E-state index contributed by atoms with van der Waals surface area (Å²) in [7, 11) is -3.88. The molecule has 2 rings (SSSR count). The Hall–Kier alpha value is -2.68. The van der Waals surface area contributed by atoms with E-state index in [0.717, 1.165) is 30.0 Å². The van der Waals surface area contributed by atoms with Crippen molar-refractivity contribution < 1.29 is 26.7 Å². The summed E-state index contributed by atoms with van der Waals surface area (Å²) in [6.45, 7) is 3.38. The zero-order valence-electron chi connectivity index (χ0n) is 15.8. The van der Waals surface area contributed by atoms with E-state index in [1.54, 1.807) is 24.3 Å². The number of sulfonamides is 1. The van der Waals surface area contributed by atoms with Crippen LogP contribution in [0.5, 0.6) is 5.75 Å². The highest BCUT2D eigenvalue weighted by molar-refractivity contribution is 7.92. The molecule has 0 atom stereocenters. The fourth-order valence-corrected chi connectivity index (χ4v) is 3.28. The van der Waals surface area contributed by atoms with Crippen LogP contribution >= 0.6 is 0 Å². The predicted molar refractivity (Wildman–Crippen MR) is 103 cm³/mol. The van der Waals surface area contributed by atoms with Gasteiger partial charge in [0.25, 0.3) is 0 Å². The maximum Gasteiger partial charge on any atom is 0.241 e. The van der Waals surface area contributed by atoms with Crippen LogP contribution < -0.4 is 14.4 Å². The van der Waals surface area contributed by atoms with Crippen molar-refractivity contribution in [1.29, 1.82) is 0 Å². The highest BCUT2D eigenvalue weighted by Gasteiger charge is 2.22. The van der Waals surface area contributed by atoms with E-state index in [0.29, 0.717) is 10.1 Å². The molecule has 0 aliphatic rings. The minimum Gasteiger partial charge on any atom is -0.491 e. The van der Waals surface area contributed by atoms with Gasteiger partial charge in [0.1, 0.15) is 12.3 Å². The monoisotopic (exact) mass is 412 g/mol. The van der Waals surface area contributed by atoms with Crippen LogP contribution in [-0.2, 0) is 21.4 Å². The fraction of sp³-hybridized carbons (Fsp3) is 0.316. The number of hydrogen-bond donors (Lipinski definition) is 1. The third kappa shape index (κ3) is 6.19. The summed E-state index contributed by atoms with van der Waals surface area (Å²) in [6, 6.07) is 9.76. The Kier molecular flexibility index (Phi) is 6.95. The first kappa shape index (κ1) is 21.6. The second-order valence-electron chi connectivity index (χ2n) is 6.46. The molecule has 1 N–H and O–H groups in total. The van der Waals surface area contributed by atoms with E-state index < -0.39 is 34.1 Å². The lowest BCUT2D eigenvalue weighted by Gasteiger charge is -2.22. The second-order valence-corrected chi connectivity index (χ2v) is 8.37. The Labute approximate surface area is 163 Å². The molecule has 0 aliphatic carbocycles. The molecule has 0 aromatic heterocycles. The fourth-order valence-electron chi connectivity index (χ4n) is 2.43. The summed E-state index contributed by atoms with van der Waals surface area (Å²) >= 11 is 0. The summed E-state index contributed by atoms with van der Waals surface area (Å²) in [5, 5.41) is 2.61. The molecular weight excluding hydrogens is 390 g/mol. The topological polar surface area (TPSA) is 75.7 Å². The van der Waals surface area contributed by atoms with E-state index in [9.17, 15) is 22.0 Å². The quantitative estimate of drug-likeness (QED) is 0.724. The minimum atomic E-state index is -3.88. The number of anilines is 1. The normalized spacial score (nSPS) is 11.4. The van der Waals surface area contributed by atoms with Crippen molar-refractivity contribution >= 4 is 21.6 Å². The van der Waals surface area contributed by atoms with Gasteiger partial charge in [0.2, 0.25) is 15.9 Å². The molecular formula is C19H22F2N2O4S. The zero-order chi connectivity index (χ0) is 20.9. The van der Waals surface area contributed by atoms with Crippen molar-refractivity contribution in [1.82, 2.24) is 5.32 Å². The van der Waals surface area contributed by atoms with Gasteiger partial charge in [-0.2, -0.15) is 0 Å². The lowest BCUT2D eigenvalue weighted by atomic mass is 10.2. The van der Waals surface area contributed by atoms with Crippen LogP contribution in [0, 0.1) is 11.6 Å². The van der Waals surface area contributed by atoms with Gasteiger partial charge in [-0.05, 0) is 43.7 Å². The number of amides is 1. The molecule has 0 bridgehead atoms. The van der Waals surface area contributed by atoms with Crippen molar-refractivity contribution in [3.05, 3.63) is 59.7 Å². The first-order valence-electron chi connectivity index (χ1n) is 8.51. The summed E-state index contributed by atoms with van der Waals surface area (Å²) < 4.78 is 56.9. The molecule has 0 saturated heterocycles. The number of benzene rings is 2. The molecule has 2 aromatic carbocycles. The van der Waals surface area contributed by atoms with Crippen molar-refractivity contribution in [2.45, 2.75) is 26.5 Å². The van der Waals surface area contributed by atoms with Crippen molar-refractivity contribution in [3.63, 3.8) is 0 Å². The minimum absolute atomic E-state index is 0.00395. The molecule has 0 aliphatic heterocycles. The van der Waals surface area contributed by atoms with Gasteiger partial charge in [0, 0.05) is 12.6 Å². The summed E-state index contributed by atoms with van der Waals surface area (Å²) in [5.74, 6) is -2.25. The van der Waals surface area contributed by atoms with Gasteiger partial charge in [0.15, 0.2) is 11.6 Å². The number of carbonyl (C=O) groups is 1. The Bertz CT molecular complexity index is 949. The summed E-state index contributed by atoms with van der Waals surface area (Å²) in [4.78, 5) is 12.2. The smallest absolute Gasteiger partial charge is 0.241 e. The van der Waals surface area contributed by atoms with Gasteiger partial charge in [-0.1, -0.05) is 12.1 Å². The number of carbonyl (C=O) groups excluding carboxylic acids is 1. The molecule has 0 fully saturated rings. The Morgan fingerprint density at radius 1 is 1.14 bits per heavy atom. The van der Waals surface area contributed by atoms with Crippen LogP contribution in [0.3, 0.4) is 0 Å². The first-order chi connectivity index (χ1) is 13.1. The standard InChI is InChI=1S/C19H22F2N2O4S/c1-13(2)27-16-6-4-5-14(9-16)11-22-19(24)12-23(28(3,25)26)15-7-8-17(20)18(21)10-15/h4-10,13H,11-12H2,1-3H3,(H,22,24). The van der Waals surface area contributed by atoms with Gasteiger partial charge in [-0.15, -0.1) is 0 Å². The van der Waals surface area contributed by atoms with E-state index in [1.807, 2.05) is 13.8 Å². The number of hydrogen-bond acceptors (Lipinski definition) is 4. The third-order valence-corrected chi connectivity index (χ3v) is 4.78. The highest BCUT2D eigenvalue weighted by Crippen LogP contribution is 2.20. The predicted octanol–water partition coefficient (Wildman–Crippen LogP) is 2.83. The van der Waals surface area contributed by atoms with Gasteiger partial charge < -0.3 is 10.1 Å². The zero-order valence-corrected chi connectivity index (χ0v) is 16.6. The third-order valence-electron chi connectivity index (χ3n) is 3.64. The maximum absolute atomic E-state index is 13.5. The van der Waals surface area contributed by atoms with Crippen LogP contribution in [0.1, 0.15) is 19.4 Å². The highest BCUT2D eigenvalue weighted by atomic mass is 32.2. The average Bonchev–Trinajstić information content (AvgIpc) is 2.59. The lowest BCUT2D eigenvalue weighted by Crippen LogP contribution is -2.40. The summed E-state index contributed by atoms with van der Waals surface area (Å²) in [5.41, 5.74) is 0.633. The van der Waals surface area contributed by atoms with Gasteiger partial charge in [-0.25, -0.2) is 17.2 Å². The maximum atomic E-state index is 13.5. The van der Waals surface area contributed by atoms with Crippen molar-refractivity contribution in [2.75, 3.05) is 17.1 Å². The Morgan fingerprint density at radius 3 is 2.46 bits per heavy atom. The number of ether oxygens (including phenoxy) is 1. The molecule has 0 heterocycles. The number of nitrogens with one attached hydrogen (secondary N) is 1.